The average Bonchev–Trinajstić information content (AvgIpc) is 2.27. The van der Waals surface area contributed by atoms with E-state index < -0.39 is 12.3 Å². The number of hydrogen-bond acceptors (Lipinski definition) is 3. The molecule has 0 bridgehead atoms. The van der Waals surface area contributed by atoms with Crippen LogP contribution >= 0.6 is 0 Å². The van der Waals surface area contributed by atoms with Crippen LogP contribution in [0.15, 0.2) is 4.79 Å². The Bertz CT molecular complexity index is 344. The van der Waals surface area contributed by atoms with E-state index >= 15 is 0 Å². The molecule has 0 saturated heterocycles. The second-order valence-corrected chi connectivity index (χ2v) is 2.31. The molecule has 74 valence electrons. The van der Waals surface area contributed by atoms with Crippen molar-refractivity contribution in [3.05, 3.63) is 10.5 Å². The third-order valence-corrected chi connectivity index (χ3v) is 1.48. The van der Waals surface area contributed by atoms with Crippen LogP contribution in [-0.4, -0.2) is 21.0 Å². The average molecular weight is 193 g/mol. The van der Waals surface area contributed by atoms with Gasteiger partial charge in [0.1, 0.15) is 0 Å². The minimum absolute atomic E-state index is 0.245. The van der Waals surface area contributed by atoms with Crippen molar-refractivity contribution in [3.8, 4) is 6.01 Å². The van der Waals surface area contributed by atoms with Gasteiger partial charge in [0, 0.05) is 13.6 Å². The second-order valence-electron chi connectivity index (χ2n) is 2.31. The normalized spacial score (nSPS) is 10.8. The fraction of sp³-hybridized carbons (Fsp3) is 0.667. The Morgan fingerprint density at radius 3 is 2.69 bits per heavy atom. The molecule has 0 fully saturated rings. The van der Waals surface area contributed by atoms with Gasteiger partial charge in [-0.1, -0.05) is 0 Å². The molecule has 0 radical (unpaired) electrons. The highest BCUT2D eigenvalue weighted by molar-refractivity contribution is 4.93. The number of aromatic nitrogens is 3. The third-order valence-electron chi connectivity index (χ3n) is 1.48. The van der Waals surface area contributed by atoms with Gasteiger partial charge in [-0.3, -0.25) is 0 Å². The predicted molar refractivity (Wildman–Crippen MR) is 39.8 cm³/mol. The van der Waals surface area contributed by atoms with Crippen molar-refractivity contribution in [2.24, 2.45) is 7.05 Å². The Labute approximate surface area is 72.5 Å². The maximum atomic E-state index is 11.8. The van der Waals surface area contributed by atoms with Crippen LogP contribution in [0.3, 0.4) is 0 Å². The lowest BCUT2D eigenvalue weighted by atomic mass is 10.7. The number of alkyl halides is 2. The summed E-state index contributed by atoms with van der Waals surface area (Å²) in [6.07, 6.45) is 0. The van der Waals surface area contributed by atoms with Gasteiger partial charge >= 0.3 is 18.3 Å². The largest absolute Gasteiger partial charge is 0.401 e. The SMILES string of the molecule is CCn1c(OC(F)F)nn(C)c1=O. The number of rotatable bonds is 3. The molecule has 0 spiro atoms. The minimum Gasteiger partial charge on any atom is -0.401 e. The van der Waals surface area contributed by atoms with Gasteiger partial charge in [0.2, 0.25) is 0 Å². The summed E-state index contributed by atoms with van der Waals surface area (Å²) in [5, 5.41) is 3.49. The molecule has 0 aliphatic rings. The van der Waals surface area contributed by atoms with E-state index in [4.69, 9.17) is 0 Å². The van der Waals surface area contributed by atoms with Crippen molar-refractivity contribution in [3.63, 3.8) is 0 Å². The van der Waals surface area contributed by atoms with Crippen molar-refractivity contribution in [2.45, 2.75) is 20.1 Å². The van der Waals surface area contributed by atoms with E-state index in [0.29, 0.717) is 0 Å². The van der Waals surface area contributed by atoms with Crippen molar-refractivity contribution < 1.29 is 13.5 Å². The lowest BCUT2D eigenvalue weighted by Crippen LogP contribution is -2.22. The van der Waals surface area contributed by atoms with Crippen LogP contribution in [0.1, 0.15) is 6.92 Å². The summed E-state index contributed by atoms with van der Waals surface area (Å²) in [4.78, 5) is 11.1. The van der Waals surface area contributed by atoms with Gasteiger partial charge in [-0.15, -0.1) is 5.10 Å². The van der Waals surface area contributed by atoms with Crippen molar-refractivity contribution in [1.82, 2.24) is 14.3 Å². The zero-order valence-electron chi connectivity index (χ0n) is 7.20. The summed E-state index contributed by atoms with van der Waals surface area (Å²) in [5.41, 5.74) is -0.474. The molecule has 0 aliphatic carbocycles. The highest BCUT2D eigenvalue weighted by atomic mass is 19.3. The summed E-state index contributed by atoms with van der Waals surface area (Å²) >= 11 is 0. The minimum atomic E-state index is -2.97. The van der Waals surface area contributed by atoms with Gasteiger partial charge in [0.25, 0.3) is 0 Å². The molecule has 0 unspecified atom stereocenters. The first-order valence-electron chi connectivity index (χ1n) is 3.65. The van der Waals surface area contributed by atoms with Crippen LogP contribution < -0.4 is 10.4 Å². The smallest absolute Gasteiger partial charge is 0.389 e. The Kier molecular flexibility index (Phi) is 2.64. The number of hydrogen-bond donors (Lipinski definition) is 0. The molecule has 0 aliphatic heterocycles. The van der Waals surface area contributed by atoms with Crippen LogP contribution in [0.5, 0.6) is 6.01 Å². The third kappa shape index (κ3) is 1.85. The van der Waals surface area contributed by atoms with Gasteiger partial charge < -0.3 is 4.74 Å². The highest BCUT2D eigenvalue weighted by Crippen LogP contribution is 2.06. The molecular formula is C6H9F2N3O2. The molecule has 1 aromatic heterocycles. The summed E-state index contributed by atoms with van der Waals surface area (Å²) in [6, 6.07) is -0.356. The summed E-state index contributed by atoms with van der Waals surface area (Å²) in [6.45, 7) is -1.08. The first-order valence-corrected chi connectivity index (χ1v) is 3.65. The first kappa shape index (κ1) is 9.69. The van der Waals surface area contributed by atoms with Gasteiger partial charge in [-0.05, 0) is 6.92 Å². The van der Waals surface area contributed by atoms with E-state index in [1.54, 1.807) is 6.92 Å². The fourth-order valence-electron chi connectivity index (χ4n) is 0.919. The Morgan fingerprint density at radius 2 is 2.23 bits per heavy atom. The molecule has 13 heavy (non-hydrogen) atoms. The van der Waals surface area contributed by atoms with Gasteiger partial charge in [0.15, 0.2) is 0 Å². The van der Waals surface area contributed by atoms with E-state index in [-0.39, 0.29) is 12.6 Å². The molecular weight excluding hydrogens is 184 g/mol. The van der Waals surface area contributed by atoms with Crippen LogP contribution in [0.25, 0.3) is 0 Å². The zero-order chi connectivity index (χ0) is 10.0. The molecule has 0 saturated carbocycles. The molecule has 0 aromatic carbocycles. The molecule has 1 aromatic rings. The molecule has 1 rings (SSSR count). The number of halogens is 2. The van der Waals surface area contributed by atoms with Crippen molar-refractivity contribution in [1.29, 1.82) is 0 Å². The lowest BCUT2D eigenvalue weighted by Gasteiger charge is -2.02. The topological polar surface area (TPSA) is 49.0 Å². The van der Waals surface area contributed by atoms with E-state index in [1.165, 1.54) is 7.05 Å². The highest BCUT2D eigenvalue weighted by Gasteiger charge is 2.14. The number of nitrogens with zero attached hydrogens (tertiary/aromatic N) is 3. The number of ether oxygens (including phenoxy) is 1. The van der Waals surface area contributed by atoms with Crippen LogP contribution in [-0.2, 0) is 13.6 Å². The quantitative estimate of drug-likeness (QED) is 0.689. The van der Waals surface area contributed by atoms with Crippen LogP contribution in [0, 0.1) is 0 Å². The Morgan fingerprint density at radius 1 is 1.62 bits per heavy atom. The van der Waals surface area contributed by atoms with Crippen LogP contribution in [0.2, 0.25) is 0 Å². The summed E-state index contributed by atoms with van der Waals surface area (Å²) in [5.74, 6) is 0. The van der Waals surface area contributed by atoms with Crippen molar-refractivity contribution >= 4 is 0 Å². The molecule has 1 heterocycles. The molecule has 0 N–H and O–H groups in total. The van der Waals surface area contributed by atoms with Gasteiger partial charge in [0.05, 0.1) is 0 Å². The van der Waals surface area contributed by atoms with Gasteiger partial charge in [-0.25, -0.2) is 14.0 Å². The summed E-state index contributed by atoms with van der Waals surface area (Å²) in [7, 11) is 1.37. The maximum Gasteiger partial charge on any atom is 0.389 e. The monoisotopic (exact) mass is 193 g/mol. The van der Waals surface area contributed by atoms with E-state index in [0.717, 1.165) is 9.25 Å². The zero-order valence-corrected chi connectivity index (χ0v) is 7.20. The standard InChI is InChI=1S/C6H9F2N3O2/c1-3-11-5(13-4(7)8)9-10(2)6(11)12/h4H,3H2,1-2H3. The molecule has 7 heteroatoms. The Hall–Kier alpha value is -1.40. The number of aryl methyl sites for hydroxylation is 1. The predicted octanol–water partition coefficient (Wildman–Crippen LogP) is 0.203. The van der Waals surface area contributed by atoms with E-state index in [2.05, 4.69) is 9.84 Å². The van der Waals surface area contributed by atoms with Crippen LogP contribution in [0.4, 0.5) is 8.78 Å². The fourth-order valence-corrected chi connectivity index (χ4v) is 0.919. The van der Waals surface area contributed by atoms with Crippen molar-refractivity contribution in [2.75, 3.05) is 0 Å². The van der Waals surface area contributed by atoms with E-state index in [9.17, 15) is 13.6 Å². The molecule has 0 atom stereocenters. The summed E-state index contributed by atoms with van der Waals surface area (Å²) < 4.78 is 29.6. The molecule has 0 amide bonds. The molecule has 5 nitrogen and oxygen atoms in total. The lowest BCUT2D eigenvalue weighted by molar-refractivity contribution is -0.0587. The van der Waals surface area contributed by atoms with Gasteiger partial charge in [-0.2, -0.15) is 8.78 Å². The Balaban J connectivity index is 3.07. The maximum absolute atomic E-state index is 11.8. The van der Waals surface area contributed by atoms with E-state index in [1.807, 2.05) is 0 Å². The first-order chi connectivity index (χ1) is 6.06. The second kappa shape index (κ2) is 3.55.